The van der Waals surface area contributed by atoms with E-state index in [1.165, 1.54) is 10.5 Å². The van der Waals surface area contributed by atoms with Gasteiger partial charge in [0.2, 0.25) is 0 Å². The fourth-order valence-electron chi connectivity index (χ4n) is 2.49. The number of thiophene rings is 1. The van der Waals surface area contributed by atoms with Crippen molar-refractivity contribution in [2.75, 3.05) is 12.3 Å². The van der Waals surface area contributed by atoms with Crippen LogP contribution in [-0.4, -0.2) is 24.4 Å². The van der Waals surface area contributed by atoms with Crippen LogP contribution >= 0.6 is 23.1 Å². The van der Waals surface area contributed by atoms with Gasteiger partial charge in [-0.3, -0.25) is 0 Å². The van der Waals surface area contributed by atoms with Crippen LogP contribution in [0.2, 0.25) is 0 Å². The lowest BCUT2D eigenvalue weighted by molar-refractivity contribution is 0.166. The summed E-state index contributed by atoms with van der Waals surface area (Å²) in [6.45, 7) is 3.13. The lowest BCUT2D eigenvalue weighted by Crippen LogP contribution is -2.47. The number of hydrogen-bond donors (Lipinski definition) is 1. The van der Waals surface area contributed by atoms with Gasteiger partial charge in [0.15, 0.2) is 0 Å². The highest BCUT2D eigenvalue weighted by molar-refractivity contribution is 7.99. The van der Waals surface area contributed by atoms with Crippen molar-refractivity contribution in [1.82, 2.24) is 5.32 Å². The van der Waals surface area contributed by atoms with Gasteiger partial charge in [-0.15, -0.1) is 11.8 Å². The monoisotopic (exact) mass is 305 g/mol. The van der Waals surface area contributed by atoms with Crippen molar-refractivity contribution in [2.45, 2.75) is 30.4 Å². The summed E-state index contributed by atoms with van der Waals surface area (Å²) in [4.78, 5) is 1.26. The van der Waals surface area contributed by atoms with E-state index < -0.39 is 0 Å². The van der Waals surface area contributed by atoms with Gasteiger partial charge in [0.1, 0.15) is 11.9 Å². The van der Waals surface area contributed by atoms with Crippen LogP contribution in [0.25, 0.3) is 0 Å². The van der Waals surface area contributed by atoms with Gasteiger partial charge in [-0.25, -0.2) is 0 Å². The molecular weight excluding hydrogens is 286 g/mol. The molecule has 1 aliphatic rings. The predicted octanol–water partition coefficient (Wildman–Crippen LogP) is 3.82. The highest BCUT2D eigenvalue weighted by Gasteiger charge is 2.27. The Morgan fingerprint density at radius 1 is 1.35 bits per heavy atom. The molecule has 2 unspecified atom stereocenters. The molecule has 1 aromatic carbocycles. The van der Waals surface area contributed by atoms with Gasteiger partial charge in [0, 0.05) is 16.7 Å². The lowest BCUT2D eigenvalue weighted by Gasteiger charge is -2.32. The number of likely N-dealkylation sites (N-methyl/N-ethyl adjacent to an activating group) is 1. The van der Waals surface area contributed by atoms with Crippen LogP contribution in [0, 0.1) is 0 Å². The van der Waals surface area contributed by atoms with Crippen molar-refractivity contribution in [3.05, 3.63) is 46.7 Å². The van der Waals surface area contributed by atoms with Crippen LogP contribution in [0.3, 0.4) is 0 Å². The van der Waals surface area contributed by atoms with E-state index in [1.54, 1.807) is 11.3 Å². The second-order valence-electron chi connectivity index (χ2n) is 4.91. The number of fused-ring (bicyclic) bond motifs is 1. The van der Waals surface area contributed by atoms with Crippen molar-refractivity contribution < 1.29 is 4.74 Å². The lowest BCUT2D eigenvalue weighted by atomic mass is 10.0. The third kappa shape index (κ3) is 3.19. The first kappa shape index (κ1) is 14.0. The minimum Gasteiger partial charge on any atom is -0.487 e. The third-order valence-electron chi connectivity index (χ3n) is 3.48. The molecule has 0 bridgehead atoms. The summed E-state index contributed by atoms with van der Waals surface area (Å²) >= 11 is 3.66. The minimum atomic E-state index is 0.231. The van der Waals surface area contributed by atoms with E-state index in [2.05, 4.69) is 47.3 Å². The SMILES string of the molecule is CCNC(Cc1ccsc1)C1CSc2ccccc2O1. The molecule has 20 heavy (non-hydrogen) atoms. The maximum atomic E-state index is 6.22. The average molecular weight is 305 g/mol. The molecule has 0 saturated heterocycles. The Kier molecular flexibility index (Phi) is 4.65. The Morgan fingerprint density at radius 3 is 3.05 bits per heavy atom. The van der Waals surface area contributed by atoms with Gasteiger partial charge in [-0.2, -0.15) is 11.3 Å². The highest BCUT2D eigenvalue weighted by Crippen LogP contribution is 2.36. The second kappa shape index (κ2) is 6.66. The standard InChI is InChI=1S/C16H19NOS2/c1-2-17-13(9-12-7-8-19-10-12)15-11-20-16-6-4-3-5-14(16)18-15/h3-8,10,13,15,17H,2,9,11H2,1H3. The van der Waals surface area contributed by atoms with Crippen LogP contribution in [0.5, 0.6) is 5.75 Å². The summed E-state index contributed by atoms with van der Waals surface area (Å²) in [6, 6.07) is 10.9. The summed E-state index contributed by atoms with van der Waals surface area (Å²) in [5.41, 5.74) is 1.40. The normalized spacial score (nSPS) is 19.1. The zero-order chi connectivity index (χ0) is 13.8. The predicted molar refractivity (Wildman–Crippen MR) is 87.1 cm³/mol. The molecule has 0 aliphatic carbocycles. The van der Waals surface area contributed by atoms with Crippen LogP contribution in [0.15, 0.2) is 46.0 Å². The maximum Gasteiger partial charge on any atom is 0.133 e. The van der Waals surface area contributed by atoms with Crippen molar-refractivity contribution in [3.8, 4) is 5.75 Å². The van der Waals surface area contributed by atoms with Gasteiger partial charge in [-0.1, -0.05) is 19.1 Å². The van der Waals surface area contributed by atoms with Crippen LogP contribution in [-0.2, 0) is 6.42 Å². The summed E-state index contributed by atoms with van der Waals surface area (Å²) in [5, 5.41) is 7.96. The topological polar surface area (TPSA) is 21.3 Å². The second-order valence-corrected chi connectivity index (χ2v) is 6.76. The minimum absolute atomic E-state index is 0.231. The number of benzene rings is 1. The van der Waals surface area contributed by atoms with E-state index in [-0.39, 0.29) is 6.10 Å². The number of ether oxygens (including phenoxy) is 1. The van der Waals surface area contributed by atoms with Crippen molar-refractivity contribution >= 4 is 23.1 Å². The van der Waals surface area contributed by atoms with Gasteiger partial charge in [0.05, 0.1) is 0 Å². The van der Waals surface area contributed by atoms with E-state index in [4.69, 9.17) is 4.74 Å². The zero-order valence-electron chi connectivity index (χ0n) is 11.5. The summed E-state index contributed by atoms with van der Waals surface area (Å²) in [7, 11) is 0. The van der Waals surface area contributed by atoms with Gasteiger partial charge >= 0.3 is 0 Å². The molecule has 1 N–H and O–H groups in total. The number of para-hydroxylation sites is 1. The molecule has 106 valence electrons. The van der Waals surface area contributed by atoms with Crippen molar-refractivity contribution in [1.29, 1.82) is 0 Å². The molecule has 0 saturated carbocycles. The fourth-order valence-corrected chi connectivity index (χ4v) is 4.25. The fraction of sp³-hybridized carbons (Fsp3) is 0.375. The van der Waals surface area contributed by atoms with E-state index >= 15 is 0 Å². The molecule has 1 aliphatic heterocycles. The molecule has 0 spiro atoms. The third-order valence-corrected chi connectivity index (χ3v) is 5.36. The molecule has 1 aromatic heterocycles. The molecular formula is C16H19NOS2. The Balaban J connectivity index is 1.72. The summed E-state index contributed by atoms with van der Waals surface area (Å²) < 4.78 is 6.22. The number of rotatable bonds is 5. The Morgan fingerprint density at radius 2 is 2.25 bits per heavy atom. The highest BCUT2D eigenvalue weighted by atomic mass is 32.2. The summed E-state index contributed by atoms with van der Waals surface area (Å²) in [6.07, 6.45) is 1.26. The van der Waals surface area contributed by atoms with E-state index in [1.807, 2.05) is 17.8 Å². The average Bonchev–Trinajstić information content (AvgIpc) is 2.99. The van der Waals surface area contributed by atoms with E-state index in [0.29, 0.717) is 6.04 Å². The first-order valence-corrected chi connectivity index (χ1v) is 8.92. The van der Waals surface area contributed by atoms with Crippen LogP contribution in [0.1, 0.15) is 12.5 Å². The van der Waals surface area contributed by atoms with Crippen LogP contribution < -0.4 is 10.1 Å². The van der Waals surface area contributed by atoms with Gasteiger partial charge < -0.3 is 10.1 Å². The molecule has 2 atom stereocenters. The largest absolute Gasteiger partial charge is 0.487 e. The molecule has 0 radical (unpaired) electrons. The molecule has 0 amide bonds. The smallest absolute Gasteiger partial charge is 0.133 e. The van der Waals surface area contributed by atoms with E-state index in [9.17, 15) is 0 Å². The number of hydrogen-bond acceptors (Lipinski definition) is 4. The Labute approximate surface area is 128 Å². The van der Waals surface area contributed by atoms with Gasteiger partial charge in [0.25, 0.3) is 0 Å². The Hall–Kier alpha value is -0.970. The van der Waals surface area contributed by atoms with Crippen molar-refractivity contribution in [2.24, 2.45) is 0 Å². The number of nitrogens with one attached hydrogen (secondary N) is 1. The van der Waals surface area contributed by atoms with E-state index in [0.717, 1.165) is 24.5 Å². The first-order valence-electron chi connectivity index (χ1n) is 6.99. The maximum absolute atomic E-state index is 6.22. The van der Waals surface area contributed by atoms with Crippen LogP contribution in [0.4, 0.5) is 0 Å². The first-order chi connectivity index (χ1) is 9.86. The van der Waals surface area contributed by atoms with Gasteiger partial charge in [-0.05, 0) is 47.5 Å². The molecule has 3 rings (SSSR count). The zero-order valence-corrected chi connectivity index (χ0v) is 13.2. The quantitative estimate of drug-likeness (QED) is 0.907. The molecule has 4 heteroatoms. The van der Waals surface area contributed by atoms with Crippen molar-refractivity contribution in [3.63, 3.8) is 0 Å². The number of thioether (sulfide) groups is 1. The summed E-state index contributed by atoms with van der Waals surface area (Å²) in [5.74, 6) is 2.04. The Bertz CT molecular complexity index is 541. The molecule has 2 heterocycles. The molecule has 2 aromatic rings. The molecule has 0 fully saturated rings. The molecule has 2 nitrogen and oxygen atoms in total.